The smallest absolute Gasteiger partial charge is 0.0000000000000537 e. The Morgan fingerprint density at radius 2 is 0.121 bits per heavy atom. The van der Waals surface area contributed by atoms with Crippen LogP contribution in [0.3, 0.4) is 0 Å². The maximum absolute atomic E-state index is 2.54. The van der Waals surface area contributed by atoms with E-state index in [-0.39, 0.29) is 0 Å². The van der Waals surface area contributed by atoms with Crippen molar-refractivity contribution in [2.24, 2.45) is 0 Å². The number of rotatable bonds is 0. The molecule has 0 saturated carbocycles. The highest BCUT2D eigenvalue weighted by Gasteiger charge is 2.48. The normalized spacial score (nSPS) is 16.6. The summed E-state index contributed by atoms with van der Waals surface area (Å²) in [5, 5.41) is 87.6. The molecule has 0 atom stereocenters. The fourth-order valence-electron chi connectivity index (χ4n) is 22.1. The Morgan fingerprint density at radius 3 is 0.197 bits per heavy atom. The number of benzene rings is 16. The van der Waals surface area contributed by atoms with E-state index in [2.05, 4.69) is 41.5 Å². The van der Waals surface area contributed by atoms with Crippen molar-refractivity contribution in [3.05, 3.63) is 33.4 Å². The molecule has 0 unspecified atom stereocenters. The molecule has 0 radical (unpaired) electrons. The van der Waals surface area contributed by atoms with Crippen LogP contribution in [0.4, 0.5) is 0 Å². The summed E-state index contributed by atoms with van der Waals surface area (Å²) in [6.07, 6.45) is 0. The molecule has 0 nitrogen and oxygen atoms in total. The lowest BCUT2D eigenvalue weighted by Crippen LogP contribution is -1.84. The summed E-state index contributed by atoms with van der Waals surface area (Å²) in [7, 11) is 0. The van der Waals surface area contributed by atoms with E-state index in [1.807, 2.05) is 0 Å². The van der Waals surface area contributed by atoms with Crippen LogP contribution < -0.4 is 0 Å². The Balaban J connectivity index is 1.33. The van der Waals surface area contributed by atoms with Crippen LogP contribution in [0.15, 0.2) is 0 Å². The molecule has 0 aliphatic rings. The molecule has 0 saturated heterocycles. The lowest BCUT2D eigenvalue weighted by atomic mass is 9.88. The van der Waals surface area contributed by atoms with Crippen molar-refractivity contribution in [2.45, 2.75) is 41.5 Å². The first kappa shape index (κ1) is 26.2. The minimum Gasteiger partial charge on any atom is -0.0390 e. The summed E-state index contributed by atoms with van der Waals surface area (Å²) in [5.74, 6) is 0. The Kier molecular flexibility index (Phi) is 2.42. The van der Waals surface area contributed by atoms with Gasteiger partial charge in [-0.3, -0.25) is 0 Å². The zero-order valence-corrected chi connectivity index (χ0v) is 36.0. The number of aryl methyl sites for hydroxylation is 6. The molecule has 0 amide bonds. The van der Waals surface area contributed by atoms with Gasteiger partial charge in [-0.1, -0.05) is 0 Å². The van der Waals surface area contributed by atoms with E-state index in [0.29, 0.717) is 0 Å². The maximum atomic E-state index is 2.54. The molecule has 0 aromatic heterocycles. The largest absolute Gasteiger partial charge is 0.0390 e. The summed E-state index contributed by atoms with van der Waals surface area (Å²) in [6, 6.07) is 0. The van der Waals surface area contributed by atoms with Crippen LogP contribution in [-0.4, -0.2) is 0 Å². The van der Waals surface area contributed by atoms with Crippen molar-refractivity contribution < 1.29 is 0 Å². The Hall–Kier alpha value is -7.80. The third-order valence-electron chi connectivity index (χ3n) is 23.4. The first-order chi connectivity index (χ1) is 32.5. The highest BCUT2D eigenvalue weighted by Crippen LogP contribution is 2.77. The van der Waals surface area contributed by atoms with Crippen molar-refractivity contribution in [1.29, 1.82) is 0 Å². The predicted molar refractivity (Wildman–Crippen MR) is 290 cm³/mol. The monoisotopic (exact) mass is 810 g/mol. The van der Waals surface area contributed by atoms with Gasteiger partial charge in [0.1, 0.15) is 0 Å². The predicted octanol–water partition coefficient (Wildman–Crippen LogP) is 19.5. The average Bonchev–Trinajstić information content (AvgIpc) is 4.19. The quantitative estimate of drug-likeness (QED) is 0.134. The van der Waals surface area contributed by atoms with Gasteiger partial charge < -0.3 is 0 Å². The Bertz CT molecular complexity index is 5990. The zero-order chi connectivity index (χ0) is 40.6. The first-order valence-corrected chi connectivity index (χ1v) is 24.8. The molecule has 282 valence electrons. The highest BCUT2D eigenvalue weighted by atomic mass is 14.5. The summed E-state index contributed by atoms with van der Waals surface area (Å²) in [4.78, 5) is 0. The molecular weight excluding hydrogens is 793 g/mol. The van der Waals surface area contributed by atoms with E-state index >= 15 is 0 Å². The molecule has 0 N–H and O–H groups in total. The molecule has 0 aliphatic carbocycles. The summed E-state index contributed by atoms with van der Waals surface area (Å²) >= 11 is 0. The van der Waals surface area contributed by atoms with Gasteiger partial charge in [-0.05, 0) is 366 Å². The zero-order valence-electron chi connectivity index (χ0n) is 36.0. The van der Waals surface area contributed by atoms with Crippen molar-refractivity contribution >= 4 is 291 Å². The second-order valence-corrected chi connectivity index (χ2v) is 24.0. The van der Waals surface area contributed by atoms with Crippen LogP contribution in [-0.2, 0) is 0 Å². The molecule has 0 heterocycles. The Labute approximate surface area is 363 Å². The van der Waals surface area contributed by atoms with Crippen molar-refractivity contribution in [3.8, 4) is 0 Å². The lowest BCUT2D eigenvalue weighted by Gasteiger charge is -2.13. The van der Waals surface area contributed by atoms with Crippen molar-refractivity contribution in [2.75, 3.05) is 0 Å². The standard InChI is InChI=1S/C66H18/c1-7-8(2)14-19-13(7)22-24-15-9(3)10(4)17-20(15)29-39-33(24)43-31(22)37-28(19)38-32-23(14)25-16-11(5)12(6)18-21(16)30-40-34(25)44(32)53-56-47(38)46(37)55-52(43)57-48(39)50-41(29)35-26(17)27(18)36-42(30)51-49(40)58(53)64-62(56)61(55)63(57)65-59(50)54(45(35)36)60(51)66(64)65/h1-6H3. The number of fused-ring (bicyclic) bond motifs is 9. The minimum atomic E-state index is 1.52. The lowest BCUT2D eigenvalue weighted by molar-refractivity contribution is 1.45. The van der Waals surface area contributed by atoms with Crippen molar-refractivity contribution in [1.82, 2.24) is 0 Å². The van der Waals surface area contributed by atoms with Gasteiger partial charge in [0.15, 0.2) is 0 Å². The molecule has 28 rings (SSSR count). The van der Waals surface area contributed by atoms with Gasteiger partial charge in [-0.15, -0.1) is 0 Å². The minimum absolute atomic E-state index is 1.52. The van der Waals surface area contributed by atoms with Crippen LogP contribution in [0.25, 0.3) is 291 Å². The molecule has 28 aromatic carbocycles. The average molecular weight is 811 g/mol. The fraction of sp³-hybridized carbons (Fsp3) is 0.0909. The first-order valence-electron chi connectivity index (χ1n) is 24.8. The third-order valence-corrected chi connectivity index (χ3v) is 23.4. The second kappa shape index (κ2) is 6.09. The van der Waals surface area contributed by atoms with E-state index in [1.54, 1.807) is 291 Å². The van der Waals surface area contributed by atoms with Crippen molar-refractivity contribution in [3.63, 3.8) is 0 Å². The molecule has 28 aromatic rings. The number of hydrogen-bond acceptors (Lipinski definition) is 0. The summed E-state index contributed by atoms with van der Waals surface area (Å²) < 4.78 is 0. The van der Waals surface area contributed by atoms with E-state index in [0.717, 1.165) is 0 Å². The van der Waals surface area contributed by atoms with Crippen LogP contribution in [0.1, 0.15) is 33.4 Å². The van der Waals surface area contributed by atoms with E-state index < -0.39 is 0 Å². The van der Waals surface area contributed by atoms with Gasteiger partial charge in [0.05, 0.1) is 0 Å². The molecule has 0 bridgehead atoms. The van der Waals surface area contributed by atoms with Gasteiger partial charge in [0, 0.05) is 0 Å². The molecular formula is C66H18. The molecule has 0 spiro atoms. The van der Waals surface area contributed by atoms with Gasteiger partial charge >= 0.3 is 0 Å². The molecule has 66 heavy (non-hydrogen) atoms. The molecule has 0 heteroatoms. The maximum Gasteiger partial charge on any atom is -0.0000000000000537 e. The van der Waals surface area contributed by atoms with Gasteiger partial charge in [0.25, 0.3) is 0 Å². The highest BCUT2D eigenvalue weighted by molar-refractivity contribution is 6.81. The molecule has 0 aliphatic heterocycles. The van der Waals surface area contributed by atoms with E-state index in [9.17, 15) is 0 Å². The van der Waals surface area contributed by atoms with Crippen LogP contribution in [0.5, 0.6) is 0 Å². The summed E-state index contributed by atoms with van der Waals surface area (Å²) in [6.45, 7) is 15.2. The third kappa shape index (κ3) is 1.48. The fourth-order valence-corrected chi connectivity index (χ4v) is 22.1. The van der Waals surface area contributed by atoms with Gasteiger partial charge in [-0.25, -0.2) is 0 Å². The molecule has 0 fully saturated rings. The SMILES string of the molecule is Cc1c(C)c2c3c1c1c4c5c(C)c(C)c6c5c5c7c4c4c1c1c3c3c8c2c2c9c(C)c(C)c%10c9c9c%11c2c8c2c8c3c1c1c4c3c7c4c5c5c6c%10c6c9c7c%11c2c2c8c1c3c1c4c(c56)c7c21. The van der Waals surface area contributed by atoms with E-state index in [1.165, 1.54) is 33.4 Å². The Morgan fingerprint density at radius 1 is 0.0758 bits per heavy atom. The van der Waals surface area contributed by atoms with Gasteiger partial charge in [0.2, 0.25) is 0 Å². The van der Waals surface area contributed by atoms with Crippen LogP contribution >= 0.6 is 0 Å². The van der Waals surface area contributed by atoms with Gasteiger partial charge in [-0.2, -0.15) is 0 Å². The second-order valence-electron chi connectivity index (χ2n) is 24.0. The van der Waals surface area contributed by atoms with Crippen LogP contribution in [0.2, 0.25) is 0 Å². The number of hydrogen-bond donors (Lipinski definition) is 0. The van der Waals surface area contributed by atoms with Crippen LogP contribution in [0, 0.1) is 41.5 Å². The summed E-state index contributed by atoms with van der Waals surface area (Å²) in [5.41, 5.74) is 9.15. The topological polar surface area (TPSA) is 0 Å². The van der Waals surface area contributed by atoms with E-state index in [4.69, 9.17) is 0 Å².